The van der Waals surface area contributed by atoms with Crippen LogP contribution in [0.2, 0.25) is 0 Å². The summed E-state index contributed by atoms with van der Waals surface area (Å²) in [4.78, 5) is 1.29. The van der Waals surface area contributed by atoms with Crippen LogP contribution in [0, 0.1) is 13.8 Å². The molecule has 2 aromatic rings. The summed E-state index contributed by atoms with van der Waals surface area (Å²) in [6.45, 7) is 6.29. The maximum absolute atomic E-state index is 6.45. The van der Waals surface area contributed by atoms with E-state index in [0.717, 1.165) is 33.8 Å². The number of aryl methyl sites for hydroxylation is 2. The van der Waals surface area contributed by atoms with Crippen LogP contribution in [0.3, 0.4) is 0 Å². The summed E-state index contributed by atoms with van der Waals surface area (Å²) in [5.41, 5.74) is 11.0. The van der Waals surface area contributed by atoms with Crippen molar-refractivity contribution in [3.05, 3.63) is 58.7 Å². The minimum atomic E-state index is -0.102. The number of thioether (sulfide) groups is 1. The minimum Gasteiger partial charge on any atom is -0.496 e. The van der Waals surface area contributed by atoms with Gasteiger partial charge in [-0.2, -0.15) is 0 Å². The Hall–Kier alpha value is -1.45. The van der Waals surface area contributed by atoms with Gasteiger partial charge in [-0.05, 0) is 60.1 Å². The summed E-state index contributed by atoms with van der Waals surface area (Å²) in [6, 6.07) is 12.6. The lowest BCUT2D eigenvalue weighted by Crippen LogP contribution is -2.13. The van der Waals surface area contributed by atoms with Crippen molar-refractivity contribution in [2.24, 2.45) is 5.73 Å². The maximum atomic E-state index is 6.45. The molecule has 0 saturated carbocycles. The monoisotopic (exact) mass is 301 g/mol. The maximum Gasteiger partial charge on any atom is 0.122 e. The van der Waals surface area contributed by atoms with Gasteiger partial charge in [-0.15, -0.1) is 11.8 Å². The molecule has 21 heavy (non-hydrogen) atoms. The molecule has 0 aliphatic carbocycles. The van der Waals surface area contributed by atoms with E-state index in [9.17, 15) is 0 Å². The van der Waals surface area contributed by atoms with Gasteiger partial charge in [0, 0.05) is 4.90 Å². The van der Waals surface area contributed by atoms with Crippen molar-refractivity contribution in [2.75, 3.05) is 12.9 Å². The molecule has 0 aliphatic rings. The zero-order valence-corrected chi connectivity index (χ0v) is 14.0. The Morgan fingerprint density at radius 3 is 2.33 bits per heavy atom. The molecule has 1 unspecified atom stereocenters. The first-order valence-corrected chi connectivity index (χ1v) is 8.18. The van der Waals surface area contributed by atoms with Crippen molar-refractivity contribution in [1.82, 2.24) is 0 Å². The van der Waals surface area contributed by atoms with Gasteiger partial charge in [0.25, 0.3) is 0 Å². The molecule has 2 N–H and O–H groups in total. The van der Waals surface area contributed by atoms with Crippen LogP contribution in [0.5, 0.6) is 5.75 Å². The van der Waals surface area contributed by atoms with Gasteiger partial charge in [0.15, 0.2) is 0 Å². The highest BCUT2D eigenvalue weighted by Crippen LogP contribution is 2.29. The lowest BCUT2D eigenvalue weighted by Gasteiger charge is -2.18. The van der Waals surface area contributed by atoms with E-state index in [1.165, 1.54) is 4.90 Å². The Balaban J connectivity index is 2.31. The van der Waals surface area contributed by atoms with Gasteiger partial charge in [-0.1, -0.05) is 25.1 Å². The van der Waals surface area contributed by atoms with E-state index in [-0.39, 0.29) is 6.04 Å². The topological polar surface area (TPSA) is 35.2 Å². The fourth-order valence-corrected chi connectivity index (χ4v) is 3.15. The minimum absolute atomic E-state index is 0.102. The van der Waals surface area contributed by atoms with E-state index >= 15 is 0 Å². The van der Waals surface area contributed by atoms with Crippen molar-refractivity contribution in [2.45, 2.75) is 31.7 Å². The molecule has 0 radical (unpaired) electrons. The number of rotatable bonds is 5. The zero-order valence-electron chi connectivity index (χ0n) is 13.1. The molecule has 2 rings (SSSR count). The van der Waals surface area contributed by atoms with E-state index in [0.29, 0.717) is 0 Å². The summed E-state index contributed by atoms with van der Waals surface area (Å²) < 4.78 is 5.37. The van der Waals surface area contributed by atoms with Crippen LogP contribution < -0.4 is 10.5 Å². The van der Waals surface area contributed by atoms with E-state index < -0.39 is 0 Å². The summed E-state index contributed by atoms with van der Waals surface area (Å²) >= 11 is 1.84. The predicted molar refractivity (Wildman–Crippen MR) is 91.3 cm³/mol. The Morgan fingerprint density at radius 1 is 1.10 bits per heavy atom. The van der Waals surface area contributed by atoms with Crippen LogP contribution in [0.1, 0.15) is 35.2 Å². The lowest BCUT2D eigenvalue weighted by atomic mass is 9.94. The molecule has 2 aromatic carbocycles. The second-order valence-corrected chi connectivity index (χ2v) is 6.50. The third-order valence-electron chi connectivity index (χ3n) is 3.67. The number of nitrogens with two attached hydrogens (primary N) is 1. The SMILES string of the molecule is CCSc1ccc(C(N)c2cc(C)c(OC)cc2C)cc1. The number of methoxy groups -OCH3 is 1. The van der Waals surface area contributed by atoms with E-state index in [1.807, 2.05) is 11.8 Å². The Bertz CT molecular complexity index is 607. The molecule has 0 spiro atoms. The molecule has 0 bridgehead atoms. The summed E-state index contributed by atoms with van der Waals surface area (Å²) in [6.07, 6.45) is 0. The van der Waals surface area contributed by atoms with E-state index in [4.69, 9.17) is 10.5 Å². The number of hydrogen-bond donors (Lipinski definition) is 1. The number of ether oxygens (including phenoxy) is 1. The Kier molecular flexibility index (Phi) is 5.32. The molecular formula is C18H23NOS. The van der Waals surface area contributed by atoms with Gasteiger partial charge < -0.3 is 10.5 Å². The third-order valence-corrected chi connectivity index (χ3v) is 4.56. The van der Waals surface area contributed by atoms with Gasteiger partial charge in [0.05, 0.1) is 13.2 Å². The quantitative estimate of drug-likeness (QED) is 0.827. The zero-order chi connectivity index (χ0) is 15.4. The standard InChI is InChI=1S/C18H23NOS/c1-5-21-15-8-6-14(7-9-15)18(19)16-10-13(3)17(20-4)11-12(16)2/h6-11,18H,5,19H2,1-4H3. The molecule has 0 heterocycles. The first-order valence-electron chi connectivity index (χ1n) is 7.20. The van der Waals surface area contributed by atoms with Crippen LogP contribution in [-0.4, -0.2) is 12.9 Å². The molecular weight excluding hydrogens is 278 g/mol. The van der Waals surface area contributed by atoms with Gasteiger partial charge in [-0.3, -0.25) is 0 Å². The first kappa shape index (κ1) is 15.9. The Labute approximate surface area is 131 Å². The van der Waals surface area contributed by atoms with Crippen molar-refractivity contribution in [3.8, 4) is 5.75 Å². The van der Waals surface area contributed by atoms with Crippen molar-refractivity contribution in [3.63, 3.8) is 0 Å². The predicted octanol–water partition coefficient (Wildman–Crippen LogP) is 4.47. The molecule has 3 heteroatoms. The molecule has 0 aliphatic heterocycles. The smallest absolute Gasteiger partial charge is 0.122 e. The largest absolute Gasteiger partial charge is 0.496 e. The average molecular weight is 301 g/mol. The summed E-state index contributed by atoms with van der Waals surface area (Å²) in [5.74, 6) is 2.00. The first-order chi connectivity index (χ1) is 10.1. The molecule has 0 fully saturated rings. The van der Waals surface area contributed by atoms with Gasteiger partial charge in [0.1, 0.15) is 5.75 Å². The second kappa shape index (κ2) is 7.01. The van der Waals surface area contributed by atoms with Crippen molar-refractivity contribution < 1.29 is 4.74 Å². The number of benzene rings is 2. The van der Waals surface area contributed by atoms with Crippen LogP contribution in [0.4, 0.5) is 0 Å². The van der Waals surface area contributed by atoms with Crippen LogP contribution in [0.25, 0.3) is 0 Å². The summed E-state index contributed by atoms with van der Waals surface area (Å²) in [7, 11) is 1.70. The highest BCUT2D eigenvalue weighted by Gasteiger charge is 2.14. The fourth-order valence-electron chi connectivity index (χ4n) is 2.48. The fraction of sp³-hybridized carbons (Fsp3) is 0.333. The van der Waals surface area contributed by atoms with E-state index in [2.05, 4.69) is 57.2 Å². The molecule has 0 amide bonds. The molecule has 112 valence electrons. The van der Waals surface area contributed by atoms with Gasteiger partial charge in [-0.25, -0.2) is 0 Å². The molecule has 2 nitrogen and oxygen atoms in total. The molecule has 0 saturated heterocycles. The van der Waals surface area contributed by atoms with Crippen molar-refractivity contribution in [1.29, 1.82) is 0 Å². The normalized spacial score (nSPS) is 12.2. The average Bonchev–Trinajstić information content (AvgIpc) is 2.49. The second-order valence-electron chi connectivity index (χ2n) is 5.16. The summed E-state index contributed by atoms with van der Waals surface area (Å²) in [5, 5.41) is 0. The van der Waals surface area contributed by atoms with Crippen LogP contribution in [0.15, 0.2) is 41.3 Å². The number of hydrogen-bond acceptors (Lipinski definition) is 3. The van der Waals surface area contributed by atoms with Crippen LogP contribution in [-0.2, 0) is 0 Å². The molecule has 0 aromatic heterocycles. The van der Waals surface area contributed by atoms with Crippen molar-refractivity contribution >= 4 is 11.8 Å². The molecule has 1 atom stereocenters. The van der Waals surface area contributed by atoms with Gasteiger partial charge in [0.2, 0.25) is 0 Å². The van der Waals surface area contributed by atoms with E-state index in [1.54, 1.807) is 7.11 Å². The highest BCUT2D eigenvalue weighted by molar-refractivity contribution is 7.99. The Morgan fingerprint density at radius 2 is 1.76 bits per heavy atom. The third kappa shape index (κ3) is 3.60. The highest BCUT2D eigenvalue weighted by atomic mass is 32.2. The van der Waals surface area contributed by atoms with Gasteiger partial charge >= 0.3 is 0 Å². The van der Waals surface area contributed by atoms with Crippen LogP contribution >= 0.6 is 11.8 Å². The lowest BCUT2D eigenvalue weighted by molar-refractivity contribution is 0.411.